The number of allylic oxidation sites excluding steroid dienone is 1. The van der Waals surface area contributed by atoms with Crippen molar-refractivity contribution in [2.75, 3.05) is 0 Å². The van der Waals surface area contributed by atoms with Crippen LogP contribution in [0.15, 0.2) is 18.5 Å². The highest BCUT2D eigenvalue weighted by Gasteiger charge is 1.96. The fourth-order valence-electron chi connectivity index (χ4n) is 0.563. The largest absolute Gasteiger partial charge is 0.504 e. The quantitative estimate of drug-likeness (QED) is 0.419. The lowest BCUT2D eigenvalue weighted by atomic mass is 10.4. The SMILES string of the molecule is N=C/C=C(/O)c1ncc[nH]1. The number of hydrogen-bond acceptors (Lipinski definition) is 3. The molecule has 1 heterocycles. The Bertz CT molecular complexity index is 238. The maximum atomic E-state index is 9.03. The van der Waals surface area contributed by atoms with Gasteiger partial charge in [0.1, 0.15) is 0 Å². The number of aliphatic hydroxyl groups is 1. The molecule has 10 heavy (non-hydrogen) atoms. The zero-order chi connectivity index (χ0) is 7.40. The van der Waals surface area contributed by atoms with Gasteiger partial charge in [-0.25, -0.2) is 4.98 Å². The summed E-state index contributed by atoms with van der Waals surface area (Å²) < 4.78 is 0. The third kappa shape index (κ3) is 1.22. The molecule has 4 nitrogen and oxygen atoms in total. The van der Waals surface area contributed by atoms with E-state index in [1.165, 1.54) is 12.3 Å². The number of hydrogen-bond donors (Lipinski definition) is 3. The monoisotopic (exact) mass is 137 g/mol. The Hall–Kier alpha value is -1.58. The molecule has 0 spiro atoms. The molecule has 1 aromatic rings. The van der Waals surface area contributed by atoms with Crippen molar-refractivity contribution in [2.45, 2.75) is 0 Å². The molecule has 0 amide bonds. The predicted octanol–water partition coefficient (Wildman–Crippen LogP) is 0.958. The van der Waals surface area contributed by atoms with E-state index in [0.29, 0.717) is 5.82 Å². The lowest BCUT2D eigenvalue weighted by molar-refractivity contribution is 0.506. The van der Waals surface area contributed by atoms with Gasteiger partial charge in [0.05, 0.1) is 0 Å². The van der Waals surface area contributed by atoms with Gasteiger partial charge < -0.3 is 15.5 Å². The topological polar surface area (TPSA) is 72.8 Å². The lowest BCUT2D eigenvalue weighted by Gasteiger charge is -1.89. The highest BCUT2D eigenvalue weighted by atomic mass is 16.3. The van der Waals surface area contributed by atoms with Crippen molar-refractivity contribution in [3.8, 4) is 0 Å². The van der Waals surface area contributed by atoms with Gasteiger partial charge in [0.15, 0.2) is 11.6 Å². The molecule has 0 aliphatic rings. The second-order valence-electron chi connectivity index (χ2n) is 1.66. The van der Waals surface area contributed by atoms with E-state index in [1.54, 1.807) is 6.20 Å². The average Bonchev–Trinajstić information content (AvgIpc) is 2.38. The maximum absolute atomic E-state index is 9.03. The zero-order valence-corrected chi connectivity index (χ0v) is 5.20. The molecule has 0 saturated heterocycles. The van der Waals surface area contributed by atoms with Gasteiger partial charge in [-0.15, -0.1) is 0 Å². The van der Waals surface area contributed by atoms with Crippen molar-refractivity contribution in [3.63, 3.8) is 0 Å². The first-order valence-corrected chi connectivity index (χ1v) is 2.74. The summed E-state index contributed by atoms with van der Waals surface area (Å²) in [6.07, 6.45) is 5.38. The lowest BCUT2D eigenvalue weighted by Crippen LogP contribution is -1.84. The molecule has 1 aromatic heterocycles. The van der Waals surface area contributed by atoms with Crippen LogP contribution in [0.2, 0.25) is 0 Å². The molecule has 0 aliphatic heterocycles. The highest BCUT2D eigenvalue weighted by molar-refractivity contribution is 5.77. The Morgan fingerprint density at radius 1 is 1.80 bits per heavy atom. The van der Waals surface area contributed by atoms with Crippen LogP contribution in [0.1, 0.15) is 5.82 Å². The van der Waals surface area contributed by atoms with Gasteiger partial charge in [0.2, 0.25) is 0 Å². The Labute approximate surface area is 57.7 Å². The molecule has 0 unspecified atom stereocenters. The van der Waals surface area contributed by atoms with Crippen molar-refractivity contribution >= 4 is 12.0 Å². The van der Waals surface area contributed by atoms with Crippen molar-refractivity contribution in [1.82, 2.24) is 9.97 Å². The number of rotatable bonds is 2. The molecule has 0 bridgehead atoms. The first-order chi connectivity index (χ1) is 4.84. The van der Waals surface area contributed by atoms with E-state index < -0.39 is 0 Å². The Morgan fingerprint density at radius 3 is 3.10 bits per heavy atom. The van der Waals surface area contributed by atoms with E-state index in [1.807, 2.05) is 0 Å². The molecule has 0 fully saturated rings. The second-order valence-corrected chi connectivity index (χ2v) is 1.66. The molecular formula is C6H7N3O. The van der Waals surface area contributed by atoms with Gasteiger partial charge >= 0.3 is 0 Å². The molecule has 0 radical (unpaired) electrons. The van der Waals surface area contributed by atoms with Gasteiger partial charge in [0.25, 0.3) is 0 Å². The van der Waals surface area contributed by atoms with Crippen LogP contribution in [0.5, 0.6) is 0 Å². The van der Waals surface area contributed by atoms with E-state index >= 15 is 0 Å². The third-order valence-corrected chi connectivity index (χ3v) is 0.982. The van der Waals surface area contributed by atoms with Gasteiger partial charge in [-0.2, -0.15) is 0 Å². The Morgan fingerprint density at radius 2 is 2.60 bits per heavy atom. The number of aliphatic hydroxyl groups excluding tert-OH is 1. The van der Waals surface area contributed by atoms with Crippen LogP contribution in [0.4, 0.5) is 0 Å². The maximum Gasteiger partial charge on any atom is 0.172 e. The van der Waals surface area contributed by atoms with Crippen LogP contribution in [0.25, 0.3) is 5.76 Å². The van der Waals surface area contributed by atoms with Crippen molar-refractivity contribution < 1.29 is 5.11 Å². The van der Waals surface area contributed by atoms with Crippen molar-refractivity contribution in [1.29, 1.82) is 5.41 Å². The normalized spacial score (nSPS) is 11.4. The number of imidazole rings is 1. The van der Waals surface area contributed by atoms with Crippen LogP contribution in [-0.4, -0.2) is 21.3 Å². The van der Waals surface area contributed by atoms with E-state index in [4.69, 9.17) is 10.5 Å². The fraction of sp³-hybridized carbons (Fsp3) is 0. The summed E-state index contributed by atoms with van der Waals surface area (Å²) in [5.41, 5.74) is 0. The van der Waals surface area contributed by atoms with Crippen molar-refractivity contribution in [3.05, 3.63) is 24.3 Å². The number of aromatic nitrogens is 2. The smallest absolute Gasteiger partial charge is 0.172 e. The first kappa shape index (κ1) is 6.54. The van der Waals surface area contributed by atoms with Gasteiger partial charge in [-0.05, 0) is 0 Å². The Kier molecular flexibility index (Phi) is 1.84. The molecule has 0 aliphatic carbocycles. The van der Waals surface area contributed by atoms with Crippen LogP contribution in [0, 0.1) is 5.41 Å². The first-order valence-electron chi connectivity index (χ1n) is 2.74. The minimum Gasteiger partial charge on any atom is -0.504 e. The molecule has 1 rings (SSSR count). The van der Waals surface area contributed by atoms with Crippen LogP contribution >= 0.6 is 0 Å². The number of H-pyrrole nitrogens is 1. The number of nitrogens with zero attached hydrogens (tertiary/aromatic N) is 1. The molecule has 3 N–H and O–H groups in total. The van der Waals surface area contributed by atoms with E-state index in [-0.39, 0.29) is 5.76 Å². The van der Waals surface area contributed by atoms with E-state index in [9.17, 15) is 0 Å². The molecule has 0 saturated carbocycles. The minimum absolute atomic E-state index is 0.0278. The summed E-state index contributed by atoms with van der Waals surface area (Å²) in [6, 6.07) is 0. The number of aromatic amines is 1. The standard InChI is InChI=1S/C6H7N3O/c7-2-1-5(10)6-8-3-4-9-6/h1-4,7,10H,(H,8,9)/b5-1+,7-2?. The van der Waals surface area contributed by atoms with Gasteiger partial charge in [-0.1, -0.05) is 0 Å². The summed E-state index contributed by atoms with van der Waals surface area (Å²) in [7, 11) is 0. The Balaban J connectivity index is 2.86. The summed E-state index contributed by atoms with van der Waals surface area (Å²) in [5, 5.41) is 15.7. The molecule has 0 aromatic carbocycles. The second kappa shape index (κ2) is 2.82. The molecule has 52 valence electrons. The third-order valence-electron chi connectivity index (χ3n) is 0.982. The van der Waals surface area contributed by atoms with Crippen LogP contribution in [0.3, 0.4) is 0 Å². The molecule has 4 heteroatoms. The van der Waals surface area contributed by atoms with Gasteiger partial charge in [-0.3, -0.25) is 0 Å². The van der Waals surface area contributed by atoms with Crippen LogP contribution in [-0.2, 0) is 0 Å². The summed E-state index contributed by atoms with van der Waals surface area (Å²) in [6.45, 7) is 0. The summed E-state index contributed by atoms with van der Waals surface area (Å²) in [4.78, 5) is 6.45. The minimum atomic E-state index is -0.0278. The van der Waals surface area contributed by atoms with Crippen molar-refractivity contribution in [2.24, 2.45) is 0 Å². The summed E-state index contributed by atoms with van der Waals surface area (Å²) >= 11 is 0. The fourth-order valence-corrected chi connectivity index (χ4v) is 0.563. The van der Waals surface area contributed by atoms with Crippen LogP contribution < -0.4 is 0 Å². The molecular weight excluding hydrogens is 130 g/mol. The average molecular weight is 137 g/mol. The highest BCUT2D eigenvalue weighted by Crippen LogP contribution is 2.01. The number of nitrogens with one attached hydrogen (secondary N) is 2. The molecule has 0 atom stereocenters. The predicted molar refractivity (Wildman–Crippen MR) is 38.0 cm³/mol. The van der Waals surface area contributed by atoms with Gasteiger partial charge in [0, 0.05) is 24.7 Å². The van der Waals surface area contributed by atoms with E-state index in [2.05, 4.69) is 9.97 Å². The van der Waals surface area contributed by atoms with E-state index in [0.717, 1.165) is 6.21 Å². The summed E-state index contributed by atoms with van der Waals surface area (Å²) in [5.74, 6) is 0.350. The zero-order valence-electron chi connectivity index (χ0n) is 5.20.